The summed E-state index contributed by atoms with van der Waals surface area (Å²) in [7, 11) is -4.26. The molecule has 1 aliphatic carbocycles. The van der Waals surface area contributed by atoms with Gasteiger partial charge in [0.15, 0.2) is 5.15 Å². The van der Waals surface area contributed by atoms with Gasteiger partial charge in [-0.3, -0.25) is 0 Å². The maximum absolute atomic E-state index is 13.4. The maximum atomic E-state index is 13.4. The molecule has 1 heterocycles. The van der Waals surface area contributed by atoms with E-state index < -0.39 is 26.7 Å². The SMILES string of the molecule is O=S(=O)(NCC1CC1)c1ccc(Nc2cccnc2Cl)cc1C(F)(F)F. The second-order valence-electron chi connectivity index (χ2n) is 5.97. The summed E-state index contributed by atoms with van der Waals surface area (Å²) in [4.78, 5) is 3.03. The third kappa shape index (κ3) is 4.46. The van der Waals surface area contributed by atoms with Crippen LogP contribution in [0, 0.1) is 5.92 Å². The minimum absolute atomic E-state index is 0.0494. The molecule has 0 bridgehead atoms. The van der Waals surface area contributed by atoms with Crippen LogP contribution in [0.5, 0.6) is 0 Å². The van der Waals surface area contributed by atoms with Crippen LogP contribution in [0.4, 0.5) is 24.5 Å². The molecule has 1 aromatic carbocycles. The van der Waals surface area contributed by atoms with Crippen LogP contribution in [-0.2, 0) is 16.2 Å². The molecule has 0 radical (unpaired) electrons. The average Bonchev–Trinajstić information content (AvgIpc) is 3.39. The smallest absolute Gasteiger partial charge is 0.353 e. The van der Waals surface area contributed by atoms with E-state index in [0.717, 1.165) is 25.0 Å². The van der Waals surface area contributed by atoms with E-state index in [2.05, 4.69) is 15.0 Å². The van der Waals surface area contributed by atoms with E-state index in [4.69, 9.17) is 11.6 Å². The molecule has 1 aliphatic rings. The number of pyridine rings is 1. The molecule has 140 valence electrons. The predicted molar refractivity (Wildman–Crippen MR) is 91.9 cm³/mol. The second kappa shape index (κ2) is 7.05. The molecule has 0 aliphatic heterocycles. The van der Waals surface area contributed by atoms with Crippen molar-refractivity contribution in [3.8, 4) is 0 Å². The Morgan fingerprint density at radius 1 is 1.23 bits per heavy atom. The summed E-state index contributed by atoms with van der Waals surface area (Å²) in [5.41, 5.74) is -0.885. The van der Waals surface area contributed by atoms with Crippen molar-refractivity contribution in [2.75, 3.05) is 11.9 Å². The van der Waals surface area contributed by atoms with Gasteiger partial charge in [-0.25, -0.2) is 18.1 Å². The van der Waals surface area contributed by atoms with Crippen LogP contribution < -0.4 is 10.0 Å². The Morgan fingerprint density at radius 2 is 1.96 bits per heavy atom. The first-order valence-electron chi connectivity index (χ1n) is 7.75. The Hall–Kier alpha value is -1.84. The number of rotatable bonds is 6. The first kappa shape index (κ1) is 18.9. The average molecular weight is 406 g/mol. The van der Waals surface area contributed by atoms with E-state index in [9.17, 15) is 21.6 Å². The van der Waals surface area contributed by atoms with Crippen LogP contribution in [0.3, 0.4) is 0 Å². The van der Waals surface area contributed by atoms with Gasteiger partial charge in [0.1, 0.15) is 0 Å². The molecular weight excluding hydrogens is 391 g/mol. The van der Waals surface area contributed by atoms with Gasteiger partial charge in [0, 0.05) is 18.4 Å². The van der Waals surface area contributed by atoms with Gasteiger partial charge in [0.05, 0.1) is 16.1 Å². The molecule has 3 rings (SSSR count). The maximum Gasteiger partial charge on any atom is 0.417 e. The monoisotopic (exact) mass is 405 g/mol. The van der Waals surface area contributed by atoms with Crippen molar-refractivity contribution in [1.29, 1.82) is 0 Å². The zero-order valence-corrected chi connectivity index (χ0v) is 14.9. The van der Waals surface area contributed by atoms with E-state index in [1.165, 1.54) is 12.3 Å². The highest BCUT2D eigenvalue weighted by Crippen LogP contribution is 2.37. The number of benzene rings is 1. The van der Waals surface area contributed by atoms with Crippen molar-refractivity contribution in [2.24, 2.45) is 5.92 Å². The van der Waals surface area contributed by atoms with Gasteiger partial charge in [-0.05, 0) is 49.1 Å². The Bertz CT molecular complexity index is 915. The summed E-state index contributed by atoms with van der Waals surface area (Å²) in [5, 5.41) is 2.80. The minimum atomic E-state index is -4.83. The van der Waals surface area contributed by atoms with Crippen molar-refractivity contribution in [3.05, 3.63) is 47.2 Å². The van der Waals surface area contributed by atoms with Crippen molar-refractivity contribution in [2.45, 2.75) is 23.9 Å². The molecule has 0 spiro atoms. The largest absolute Gasteiger partial charge is 0.417 e. The second-order valence-corrected chi connectivity index (χ2v) is 8.06. The summed E-state index contributed by atoms with van der Waals surface area (Å²) in [6, 6.07) is 6.05. The van der Waals surface area contributed by atoms with Gasteiger partial charge >= 0.3 is 6.18 Å². The number of anilines is 2. The van der Waals surface area contributed by atoms with E-state index in [0.29, 0.717) is 5.69 Å². The van der Waals surface area contributed by atoms with E-state index in [1.807, 2.05) is 0 Å². The quantitative estimate of drug-likeness (QED) is 0.707. The van der Waals surface area contributed by atoms with Crippen LogP contribution in [0.25, 0.3) is 0 Å². The molecule has 2 aromatic rings. The Kier molecular flexibility index (Phi) is 5.14. The van der Waals surface area contributed by atoms with Crippen LogP contribution in [0.2, 0.25) is 5.15 Å². The Labute approximate surface area is 153 Å². The molecule has 0 unspecified atom stereocenters. The number of nitrogens with zero attached hydrogens (tertiary/aromatic N) is 1. The fourth-order valence-electron chi connectivity index (χ4n) is 2.33. The van der Waals surface area contributed by atoms with Gasteiger partial charge in [0.25, 0.3) is 0 Å². The molecule has 10 heteroatoms. The number of halogens is 4. The van der Waals surface area contributed by atoms with E-state index >= 15 is 0 Å². The van der Waals surface area contributed by atoms with E-state index in [1.54, 1.807) is 12.1 Å². The summed E-state index contributed by atoms with van der Waals surface area (Å²) in [6.45, 7) is 0.144. The third-order valence-electron chi connectivity index (χ3n) is 3.87. The summed E-state index contributed by atoms with van der Waals surface area (Å²) < 4.78 is 67.1. The normalized spacial score (nSPS) is 15.1. The van der Waals surface area contributed by atoms with Crippen LogP contribution in [-0.4, -0.2) is 19.9 Å². The topological polar surface area (TPSA) is 71.1 Å². The lowest BCUT2D eigenvalue weighted by Crippen LogP contribution is -2.28. The zero-order valence-electron chi connectivity index (χ0n) is 13.3. The molecule has 0 amide bonds. The summed E-state index contributed by atoms with van der Waals surface area (Å²) >= 11 is 5.88. The standard InChI is InChI=1S/C16H15ClF3N3O2S/c17-15-13(2-1-7-21-15)23-11-5-6-14(12(8-11)16(18,19)20)26(24,25)22-9-10-3-4-10/h1-2,5-8,10,22-23H,3-4,9H2. The highest BCUT2D eigenvalue weighted by atomic mass is 35.5. The number of nitrogens with one attached hydrogen (secondary N) is 2. The van der Waals surface area contributed by atoms with Crippen molar-refractivity contribution >= 4 is 33.0 Å². The number of sulfonamides is 1. The molecule has 26 heavy (non-hydrogen) atoms. The predicted octanol–water partition coefficient (Wildman–Crippen LogP) is 4.19. The molecule has 2 N–H and O–H groups in total. The number of hydrogen-bond donors (Lipinski definition) is 2. The van der Waals surface area contributed by atoms with Crippen LogP contribution in [0.1, 0.15) is 18.4 Å². The third-order valence-corrected chi connectivity index (χ3v) is 5.65. The first-order chi connectivity index (χ1) is 12.2. The minimum Gasteiger partial charge on any atom is -0.353 e. The van der Waals surface area contributed by atoms with Crippen molar-refractivity contribution < 1.29 is 21.6 Å². The van der Waals surface area contributed by atoms with Gasteiger partial charge in [-0.15, -0.1) is 0 Å². The summed E-state index contributed by atoms with van der Waals surface area (Å²) in [6.07, 6.45) is -1.64. The lowest BCUT2D eigenvalue weighted by atomic mass is 10.2. The van der Waals surface area contributed by atoms with E-state index in [-0.39, 0.29) is 23.3 Å². The van der Waals surface area contributed by atoms with Crippen LogP contribution >= 0.6 is 11.6 Å². The molecule has 1 aromatic heterocycles. The lowest BCUT2D eigenvalue weighted by Gasteiger charge is -2.16. The van der Waals surface area contributed by atoms with Crippen molar-refractivity contribution in [3.63, 3.8) is 0 Å². The number of alkyl halides is 3. The summed E-state index contributed by atoms with van der Waals surface area (Å²) in [5.74, 6) is 0.202. The first-order valence-corrected chi connectivity index (χ1v) is 9.61. The van der Waals surface area contributed by atoms with Gasteiger partial charge in [-0.2, -0.15) is 13.2 Å². The molecule has 1 fully saturated rings. The Morgan fingerprint density at radius 3 is 2.58 bits per heavy atom. The van der Waals surface area contributed by atoms with Gasteiger partial charge in [-0.1, -0.05) is 11.6 Å². The molecule has 1 saturated carbocycles. The number of hydrogen-bond acceptors (Lipinski definition) is 4. The van der Waals surface area contributed by atoms with Gasteiger partial charge < -0.3 is 5.32 Å². The zero-order chi connectivity index (χ0) is 18.9. The lowest BCUT2D eigenvalue weighted by molar-refractivity contribution is -0.139. The molecule has 0 saturated heterocycles. The fraction of sp³-hybridized carbons (Fsp3) is 0.312. The molecule has 5 nitrogen and oxygen atoms in total. The van der Waals surface area contributed by atoms with Crippen molar-refractivity contribution in [1.82, 2.24) is 9.71 Å². The number of aromatic nitrogens is 1. The molecular formula is C16H15ClF3N3O2S. The highest BCUT2D eigenvalue weighted by molar-refractivity contribution is 7.89. The molecule has 0 atom stereocenters. The fourth-order valence-corrected chi connectivity index (χ4v) is 3.81. The van der Waals surface area contributed by atoms with Gasteiger partial charge in [0.2, 0.25) is 10.0 Å². The highest BCUT2D eigenvalue weighted by Gasteiger charge is 2.38. The Balaban J connectivity index is 1.94. The van der Waals surface area contributed by atoms with Crippen LogP contribution in [0.15, 0.2) is 41.4 Å².